The van der Waals surface area contributed by atoms with E-state index in [1.165, 1.54) is 5.70 Å². The van der Waals surface area contributed by atoms with Crippen molar-refractivity contribution in [2.24, 2.45) is 15.9 Å². The van der Waals surface area contributed by atoms with Crippen molar-refractivity contribution in [2.75, 3.05) is 33.2 Å². The van der Waals surface area contributed by atoms with Gasteiger partial charge in [-0.3, -0.25) is 4.90 Å². The molecule has 144 valence electrons. The van der Waals surface area contributed by atoms with E-state index >= 15 is 0 Å². The van der Waals surface area contributed by atoms with Crippen LogP contribution in [0.1, 0.15) is 25.1 Å². The highest BCUT2D eigenvalue weighted by atomic mass is 35.5. The molecule has 0 N–H and O–H groups in total. The van der Waals surface area contributed by atoms with Crippen LogP contribution in [0.2, 0.25) is 4.34 Å². The van der Waals surface area contributed by atoms with E-state index in [2.05, 4.69) is 51.9 Å². The predicted molar refractivity (Wildman–Crippen MR) is 115 cm³/mol. The number of piperazine rings is 1. The predicted octanol–water partition coefficient (Wildman–Crippen LogP) is 4.00. The third-order valence-corrected chi connectivity index (χ3v) is 6.47. The summed E-state index contributed by atoms with van der Waals surface area (Å²) in [6, 6.07) is 4.06. The molecule has 0 radical (unpaired) electrons. The number of nitrogens with zero attached hydrogens (tertiary/aromatic N) is 5. The number of aliphatic imine (C=N–C) groups is 2. The van der Waals surface area contributed by atoms with Crippen LogP contribution in [-0.2, 0) is 0 Å². The van der Waals surface area contributed by atoms with Crippen LogP contribution < -0.4 is 0 Å². The Morgan fingerprint density at radius 2 is 1.89 bits per heavy atom. The average molecular weight is 404 g/mol. The number of thiophene rings is 1. The van der Waals surface area contributed by atoms with Gasteiger partial charge in [-0.2, -0.15) is 0 Å². The first-order valence-electron chi connectivity index (χ1n) is 9.53. The highest BCUT2D eigenvalue weighted by Crippen LogP contribution is 2.34. The second-order valence-corrected chi connectivity index (χ2v) is 9.18. The molecule has 1 fully saturated rings. The van der Waals surface area contributed by atoms with E-state index in [-0.39, 0.29) is 6.17 Å². The molecule has 3 aliphatic heterocycles. The largest absolute Gasteiger partial charge is 0.366 e. The summed E-state index contributed by atoms with van der Waals surface area (Å²) >= 11 is 7.84. The Kier molecular flexibility index (Phi) is 5.39. The summed E-state index contributed by atoms with van der Waals surface area (Å²) in [5.74, 6) is 1.43. The molecule has 3 aliphatic rings. The molecule has 0 amide bonds. The van der Waals surface area contributed by atoms with Crippen LogP contribution in [0.25, 0.3) is 5.70 Å². The Morgan fingerprint density at radius 3 is 2.59 bits per heavy atom. The minimum Gasteiger partial charge on any atom is -0.366 e. The van der Waals surface area contributed by atoms with Gasteiger partial charge in [-0.05, 0) is 38.4 Å². The number of rotatable bonds is 2. The summed E-state index contributed by atoms with van der Waals surface area (Å²) in [6.07, 6.45) is 7.56. The van der Waals surface area contributed by atoms with Crippen molar-refractivity contribution in [2.45, 2.75) is 26.4 Å². The Bertz CT molecular complexity index is 816. The summed E-state index contributed by atoms with van der Waals surface area (Å²) < 4.78 is 0.802. The maximum absolute atomic E-state index is 6.24. The molecule has 2 unspecified atom stereocenters. The summed E-state index contributed by atoms with van der Waals surface area (Å²) in [6.45, 7) is 8.51. The molecule has 0 spiro atoms. The zero-order valence-electron chi connectivity index (χ0n) is 16.1. The van der Waals surface area contributed by atoms with Gasteiger partial charge in [0, 0.05) is 26.2 Å². The average Bonchev–Trinajstić information content (AvgIpc) is 3.07. The monoisotopic (exact) mass is 403 g/mol. The van der Waals surface area contributed by atoms with Gasteiger partial charge in [0.05, 0.1) is 26.9 Å². The second kappa shape index (κ2) is 7.78. The molecule has 1 aromatic heterocycles. The van der Waals surface area contributed by atoms with Crippen LogP contribution in [0.5, 0.6) is 0 Å². The van der Waals surface area contributed by atoms with Crippen molar-refractivity contribution in [3.63, 3.8) is 0 Å². The first kappa shape index (κ1) is 18.7. The van der Waals surface area contributed by atoms with Crippen LogP contribution in [0.15, 0.2) is 40.0 Å². The quantitative estimate of drug-likeness (QED) is 0.748. The van der Waals surface area contributed by atoms with E-state index in [4.69, 9.17) is 16.6 Å². The number of hydrogen-bond acceptors (Lipinski definition) is 6. The number of likely N-dealkylation sites (N-methyl/N-ethyl adjacent to an activating group) is 1. The molecule has 0 aromatic carbocycles. The second-order valence-electron chi connectivity index (χ2n) is 7.47. The summed E-state index contributed by atoms with van der Waals surface area (Å²) in [5.41, 5.74) is 2.37. The van der Waals surface area contributed by atoms with Gasteiger partial charge in [0.15, 0.2) is 5.84 Å². The van der Waals surface area contributed by atoms with Crippen LogP contribution >= 0.6 is 22.9 Å². The Morgan fingerprint density at radius 1 is 1.11 bits per heavy atom. The molecule has 1 aromatic rings. The van der Waals surface area contributed by atoms with Crippen LogP contribution in [0.3, 0.4) is 0 Å². The van der Waals surface area contributed by atoms with Gasteiger partial charge in [0.1, 0.15) is 6.17 Å². The minimum atomic E-state index is -0.0582. The lowest BCUT2D eigenvalue weighted by Crippen LogP contribution is -2.48. The maximum Gasteiger partial charge on any atom is 0.159 e. The van der Waals surface area contributed by atoms with Gasteiger partial charge in [0.25, 0.3) is 0 Å². The molecular weight excluding hydrogens is 378 g/mol. The molecule has 5 nitrogen and oxygen atoms in total. The van der Waals surface area contributed by atoms with E-state index in [9.17, 15) is 0 Å². The maximum atomic E-state index is 6.24. The Balaban J connectivity index is 1.74. The fourth-order valence-electron chi connectivity index (χ4n) is 3.63. The van der Waals surface area contributed by atoms with Crippen molar-refractivity contribution >= 4 is 40.8 Å². The van der Waals surface area contributed by atoms with Crippen molar-refractivity contribution in [3.05, 3.63) is 39.2 Å². The SMILES string of the molecule is CC1C=C(c2ccc(Cl)s2)N2C=NC(C)N=C2C(N2CCN(C)CC2)=CC1. The topological polar surface area (TPSA) is 34.4 Å². The summed E-state index contributed by atoms with van der Waals surface area (Å²) in [4.78, 5) is 17.7. The summed E-state index contributed by atoms with van der Waals surface area (Å²) in [7, 11) is 2.19. The van der Waals surface area contributed by atoms with Crippen molar-refractivity contribution in [1.29, 1.82) is 0 Å². The minimum absolute atomic E-state index is 0.0582. The van der Waals surface area contributed by atoms with Crippen molar-refractivity contribution < 1.29 is 0 Å². The molecular formula is C20H26ClN5S. The first-order valence-corrected chi connectivity index (χ1v) is 10.7. The molecule has 2 atom stereocenters. The summed E-state index contributed by atoms with van der Waals surface area (Å²) in [5, 5.41) is 0. The molecule has 27 heavy (non-hydrogen) atoms. The zero-order chi connectivity index (χ0) is 19.0. The molecule has 7 heteroatoms. The number of hydrogen-bond donors (Lipinski definition) is 0. The smallest absolute Gasteiger partial charge is 0.159 e. The lowest BCUT2D eigenvalue weighted by atomic mass is 10.0. The van der Waals surface area contributed by atoms with Gasteiger partial charge in [0.2, 0.25) is 0 Å². The van der Waals surface area contributed by atoms with Crippen molar-refractivity contribution in [3.8, 4) is 0 Å². The third kappa shape index (κ3) is 3.98. The van der Waals surface area contributed by atoms with Crippen LogP contribution in [0, 0.1) is 5.92 Å². The van der Waals surface area contributed by atoms with E-state index < -0.39 is 0 Å². The van der Waals surface area contributed by atoms with Gasteiger partial charge in [-0.1, -0.05) is 30.7 Å². The molecule has 0 saturated carbocycles. The van der Waals surface area contributed by atoms with E-state index in [0.29, 0.717) is 5.92 Å². The van der Waals surface area contributed by atoms with Crippen LogP contribution in [0.4, 0.5) is 0 Å². The molecule has 0 bridgehead atoms. The van der Waals surface area contributed by atoms with Crippen molar-refractivity contribution in [1.82, 2.24) is 14.7 Å². The normalized spacial score (nSPS) is 26.7. The highest BCUT2D eigenvalue weighted by molar-refractivity contribution is 7.17. The lowest BCUT2D eigenvalue weighted by molar-refractivity contribution is 0.191. The standard InChI is InChI=1S/C20H26ClN5S/c1-14-4-5-16(25-10-8-24(3)9-11-25)20-23-15(2)22-13-26(20)17(12-14)18-6-7-19(21)27-18/h5-7,12-15H,4,8-11H2,1-3H3. The third-order valence-electron chi connectivity index (χ3n) is 5.22. The molecule has 0 aliphatic carbocycles. The van der Waals surface area contributed by atoms with Gasteiger partial charge in [-0.25, -0.2) is 9.98 Å². The Hall–Kier alpha value is -1.63. The van der Waals surface area contributed by atoms with Gasteiger partial charge in [-0.15, -0.1) is 11.3 Å². The van der Waals surface area contributed by atoms with Gasteiger partial charge < -0.3 is 9.80 Å². The lowest BCUT2D eigenvalue weighted by Gasteiger charge is -2.39. The van der Waals surface area contributed by atoms with E-state index in [1.54, 1.807) is 11.3 Å². The van der Waals surface area contributed by atoms with E-state index in [1.807, 2.05) is 19.3 Å². The Labute approximate surface area is 170 Å². The molecule has 4 rings (SSSR count). The fraction of sp³-hybridized carbons (Fsp3) is 0.500. The number of fused-ring (bicyclic) bond motifs is 1. The van der Waals surface area contributed by atoms with Gasteiger partial charge >= 0.3 is 0 Å². The molecule has 1 saturated heterocycles. The first-order chi connectivity index (χ1) is 13.0. The number of amidine groups is 1. The molecule has 4 heterocycles. The highest BCUT2D eigenvalue weighted by Gasteiger charge is 2.30. The number of halogens is 1. The van der Waals surface area contributed by atoms with Crippen LogP contribution in [-0.4, -0.2) is 66.3 Å². The number of allylic oxidation sites excluding steroid dienone is 2. The zero-order valence-corrected chi connectivity index (χ0v) is 17.7. The fourth-order valence-corrected chi connectivity index (χ4v) is 4.70. The van der Waals surface area contributed by atoms with E-state index in [0.717, 1.165) is 53.3 Å².